The second-order valence-electron chi connectivity index (χ2n) is 12.4. The van der Waals surface area contributed by atoms with Gasteiger partial charge in [-0.15, -0.1) is 0 Å². The summed E-state index contributed by atoms with van der Waals surface area (Å²) in [7, 11) is 0. The third-order valence-electron chi connectivity index (χ3n) is 9.62. The molecule has 0 unspecified atom stereocenters. The average Bonchev–Trinajstić information content (AvgIpc) is 3.66. The molecule has 0 bridgehead atoms. The Morgan fingerprint density at radius 3 is 2.02 bits per heavy atom. The number of fused-ring (bicyclic) bond motifs is 4. The lowest BCUT2D eigenvalue weighted by Crippen LogP contribution is -1.99. The molecule has 0 amide bonds. The third kappa shape index (κ3) is 5.08. The molecule has 0 aliphatic carbocycles. The third-order valence-corrected chi connectivity index (χ3v) is 9.62. The van der Waals surface area contributed by atoms with E-state index in [1.54, 1.807) is 6.08 Å². The highest BCUT2D eigenvalue weighted by Crippen LogP contribution is 2.38. The molecule has 5 heteroatoms. The molecule has 0 aliphatic rings. The SMILES string of the molecule is C=C/C=C\c1c(C)c2ccc(C#N)cc2n1-c1ccc(-c2ccc(-c3ccccc3-n3c4ccccc4c4cc(C#N)ccc43)cc2)c(C#N)c1. The van der Waals surface area contributed by atoms with Crippen LogP contribution in [0.15, 0.2) is 146 Å². The molecule has 0 spiro atoms. The van der Waals surface area contributed by atoms with Gasteiger partial charge in [-0.1, -0.05) is 91.5 Å². The number of aryl methyl sites for hydroxylation is 1. The van der Waals surface area contributed by atoms with Crippen LogP contribution in [-0.4, -0.2) is 9.13 Å². The number of aromatic nitrogens is 2. The normalized spacial score (nSPS) is 11.2. The maximum Gasteiger partial charge on any atom is 0.0998 e. The molecule has 2 aromatic heterocycles. The lowest BCUT2D eigenvalue weighted by Gasteiger charge is -2.15. The molecule has 0 saturated carbocycles. The number of nitriles is 3. The first-order valence-electron chi connectivity index (χ1n) is 16.6. The van der Waals surface area contributed by atoms with Gasteiger partial charge in [0.05, 0.1) is 57.1 Å². The van der Waals surface area contributed by atoms with E-state index in [-0.39, 0.29) is 0 Å². The number of hydrogen-bond acceptors (Lipinski definition) is 3. The molecule has 0 N–H and O–H groups in total. The van der Waals surface area contributed by atoms with Gasteiger partial charge < -0.3 is 9.13 Å². The Balaban J connectivity index is 1.22. The van der Waals surface area contributed by atoms with E-state index in [9.17, 15) is 15.8 Å². The summed E-state index contributed by atoms with van der Waals surface area (Å²) in [6.07, 6.45) is 5.64. The van der Waals surface area contributed by atoms with Crippen LogP contribution < -0.4 is 0 Å². The monoisotopic (exact) mass is 651 g/mol. The Kier molecular flexibility index (Phi) is 7.62. The van der Waals surface area contributed by atoms with Gasteiger partial charge in [-0.05, 0) is 89.9 Å². The van der Waals surface area contributed by atoms with Crippen molar-refractivity contribution in [1.29, 1.82) is 15.8 Å². The second kappa shape index (κ2) is 12.6. The van der Waals surface area contributed by atoms with Gasteiger partial charge in [0.1, 0.15) is 0 Å². The summed E-state index contributed by atoms with van der Waals surface area (Å²) >= 11 is 0. The molecule has 0 saturated heterocycles. The van der Waals surface area contributed by atoms with Crippen molar-refractivity contribution in [2.45, 2.75) is 6.92 Å². The number of allylic oxidation sites excluding steroid dienone is 2. The highest BCUT2D eigenvalue weighted by atomic mass is 15.0. The summed E-state index contributed by atoms with van der Waals surface area (Å²) in [4.78, 5) is 0. The Morgan fingerprint density at radius 1 is 0.569 bits per heavy atom. The molecule has 0 aliphatic heterocycles. The van der Waals surface area contributed by atoms with E-state index in [1.807, 2.05) is 91.0 Å². The van der Waals surface area contributed by atoms with Gasteiger partial charge in [-0.3, -0.25) is 0 Å². The number of hydrogen-bond donors (Lipinski definition) is 0. The van der Waals surface area contributed by atoms with E-state index in [2.05, 4.69) is 89.4 Å². The van der Waals surface area contributed by atoms with Gasteiger partial charge in [0.25, 0.3) is 0 Å². The predicted octanol–water partition coefficient (Wildman–Crippen LogP) is 11.2. The van der Waals surface area contributed by atoms with Crippen molar-refractivity contribution in [1.82, 2.24) is 9.13 Å². The summed E-state index contributed by atoms with van der Waals surface area (Å²) in [5, 5.41) is 32.8. The van der Waals surface area contributed by atoms with Crippen LogP contribution in [-0.2, 0) is 0 Å². The van der Waals surface area contributed by atoms with Crippen LogP contribution in [0.2, 0.25) is 0 Å². The molecule has 0 atom stereocenters. The van der Waals surface area contributed by atoms with Crippen LogP contribution >= 0.6 is 0 Å². The van der Waals surface area contributed by atoms with Crippen molar-refractivity contribution in [3.8, 4) is 51.8 Å². The molecular weight excluding hydrogens is 623 g/mol. The van der Waals surface area contributed by atoms with Crippen LogP contribution in [0.25, 0.3) is 72.4 Å². The number of rotatable bonds is 6. The summed E-state index contributed by atoms with van der Waals surface area (Å²) in [6.45, 7) is 5.91. The molecule has 0 fully saturated rings. The zero-order valence-electron chi connectivity index (χ0n) is 27.8. The standard InChI is InChI=1S/C46H29N5/c1-3-4-11-42-30(2)37-21-14-32(28-48)25-46(37)50(42)36-20-22-38(35(26-36)29-49)33-16-18-34(19-17-33)39-9-5-7-12-43(39)51-44-13-8-6-10-40(44)41-24-31(27-47)15-23-45(41)51/h3-26H,1H2,2H3/b11-4-. The number of nitrogens with zero attached hydrogens (tertiary/aromatic N) is 5. The van der Waals surface area contributed by atoms with E-state index in [4.69, 9.17) is 0 Å². The maximum atomic E-state index is 10.4. The lowest BCUT2D eigenvalue weighted by molar-refractivity contribution is 1.09. The second-order valence-corrected chi connectivity index (χ2v) is 12.4. The highest BCUT2D eigenvalue weighted by molar-refractivity contribution is 6.10. The number of benzene rings is 6. The van der Waals surface area contributed by atoms with Gasteiger partial charge in [-0.25, -0.2) is 0 Å². The summed E-state index contributed by atoms with van der Waals surface area (Å²) in [6, 6.07) is 49.5. The van der Waals surface area contributed by atoms with Gasteiger partial charge in [0.15, 0.2) is 0 Å². The molecule has 238 valence electrons. The minimum Gasteiger partial charge on any atom is -0.310 e. The van der Waals surface area contributed by atoms with E-state index in [0.717, 1.165) is 77.6 Å². The van der Waals surface area contributed by atoms with Crippen molar-refractivity contribution >= 4 is 38.8 Å². The van der Waals surface area contributed by atoms with Gasteiger partial charge in [-0.2, -0.15) is 15.8 Å². The first kappa shape index (κ1) is 30.9. The van der Waals surface area contributed by atoms with Gasteiger partial charge in [0.2, 0.25) is 0 Å². The molecular formula is C46H29N5. The van der Waals surface area contributed by atoms with Crippen LogP contribution in [0.3, 0.4) is 0 Å². The van der Waals surface area contributed by atoms with Crippen molar-refractivity contribution in [2.24, 2.45) is 0 Å². The van der Waals surface area contributed by atoms with Gasteiger partial charge >= 0.3 is 0 Å². The van der Waals surface area contributed by atoms with Crippen LogP contribution in [0, 0.1) is 40.9 Å². The van der Waals surface area contributed by atoms with Crippen molar-refractivity contribution < 1.29 is 0 Å². The van der Waals surface area contributed by atoms with Crippen molar-refractivity contribution in [3.05, 3.63) is 174 Å². The smallest absolute Gasteiger partial charge is 0.0998 e. The van der Waals surface area contributed by atoms with E-state index in [0.29, 0.717) is 16.7 Å². The van der Waals surface area contributed by atoms with Crippen molar-refractivity contribution in [2.75, 3.05) is 0 Å². The molecule has 51 heavy (non-hydrogen) atoms. The van der Waals surface area contributed by atoms with E-state index < -0.39 is 0 Å². The number of para-hydroxylation sites is 2. The zero-order chi connectivity index (χ0) is 35.1. The fourth-order valence-corrected chi connectivity index (χ4v) is 7.24. The van der Waals surface area contributed by atoms with Crippen LogP contribution in [0.5, 0.6) is 0 Å². The quantitative estimate of drug-likeness (QED) is 0.168. The first-order chi connectivity index (χ1) is 25.0. The van der Waals surface area contributed by atoms with Crippen LogP contribution in [0.1, 0.15) is 27.9 Å². The zero-order valence-corrected chi connectivity index (χ0v) is 27.8. The first-order valence-corrected chi connectivity index (χ1v) is 16.6. The maximum absolute atomic E-state index is 10.4. The van der Waals surface area contributed by atoms with E-state index >= 15 is 0 Å². The van der Waals surface area contributed by atoms with E-state index in [1.165, 1.54) is 0 Å². The fraction of sp³-hybridized carbons (Fsp3) is 0.0217. The largest absolute Gasteiger partial charge is 0.310 e. The molecule has 5 nitrogen and oxygen atoms in total. The summed E-state index contributed by atoms with van der Waals surface area (Å²) in [5.74, 6) is 0. The van der Waals surface area contributed by atoms with Crippen molar-refractivity contribution in [3.63, 3.8) is 0 Å². The fourth-order valence-electron chi connectivity index (χ4n) is 7.24. The Bertz CT molecular complexity index is 2860. The Hall–Kier alpha value is -7.39. The molecule has 6 aromatic carbocycles. The molecule has 8 aromatic rings. The highest BCUT2D eigenvalue weighted by Gasteiger charge is 2.18. The molecule has 0 radical (unpaired) electrons. The topological polar surface area (TPSA) is 81.2 Å². The molecule has 8 rings (SSSR count). The summed E-state index contributed by atoms with van der Waals surface area (Å²) < 4.78 is 4.37. The van der Waals surface area contributed by atoms with Crippen LogP contribution in [0.4, 0.5) is 0 Å². The minimum absolute atomic E-state index is 0.553. The predicted molar refractivity (Wildman–Crippen MR) is 207 cm³/mol. The minimum atomic E-state index is 0.553. The lowest BCUT2D eigenvalue weighted by atomic mass is 9.96. The molecule has 2 heterocycles. The Morgan fingerprint density at radius 2 is 1.25 bits per heavy atom. The summed E-state index contributed by atoms with van der Waals surface area (Å²) in [5.41, 5.74) is 12.6. The Labute approximate surface area is 295 Å². The van der Waals surface area contributed by atoms with Gasteiger partial charge in [0, 0.05) is 33.1 Å². The average molecular weight is 652 g/mol.